The Morgan fingerprint density at radius 3 is 2.57 bits per heavy atom. The molecular formula is C30H32N2O2S. The van der Waals surface area contributed by atoms with Crippen LogP contribution in [0.3, 0.4) is 0 Å². The van der Waals surface area contributed by atoms with Gasteiger partial charge in [-0.1, -0.05) is 74.2 Å². The molecule has 35 heavy (non-hydrogen) atoms. The Kier molecular flexibility index (Phi) is 7.24. The minimum Gasteiger partial charge on any atom is -0.493 e. The molecule has 1 saturated heterocycles. The molecule has 1 aliphatic heterocycles. The van der Waals surface area contributed by atoms with Crippen LogP contribution >= 0.6 is 11.8 Å². The molecule has 2 aliphatic rings. The maximum Gasteiger partial charge on any atom is 0.267 e. The van der Waals surface area contributed by atoms with Gasteiger partial charge >= 0.3 is 0 Å². The van der Waals surface area contributed by atoms with Gasteiger partial charge < -0.3 is 4.74 Å². The lowest BCUT2D eigenvalue weighted by Crippen LogP contribution is -2.40. The predicted molar refractivity (Wildman–Crippen MR) is 147 cm³/mol. The average Bonchev–Trinajstić information content (AvgIpc) is 3.19. The van der Waals surface area contributed by atoms with Crippen molar-refractivity contribution in [2.24, 2.45) is 4.99 Å². The molecule has 3 aromatic rings. The third kappa shape index (κ3) is 5.15. The highest BCUT2D eigenvalue weighted by Crippen LogP contribution is 2.40. The fourth-order valence-corrected chi connectivity index (χ4v) is 5.89. The first-order chi connectivity index (χ1) is 17.1. The van der Waals surface area contributed by atoms with Crippen LogP contribution in [0.4, 0.5) is 5.69 Å². The van der Waals surface area contributed by atoms with Crippen molar-refractivity contribution in [3.05, 3.63) is 76.7 Å². The van der Waals surface area contributed by atoms with Gasteiger partial charge in [0, 0.05) is 11.6 Å². The molecule has 0 bridgehead atoms. The van der Waals surface area contributed by atoms with Crippen molar-refractivity contribution in [2.45, 2.75) is 58.4 Å². The first kappa shape index (κ1) is 23.7. The second-order valence-electron chi connectivity index (χ2n) is 9.35. The van der Waals surface area contributed by atoms with E-state index in [0.717, 1.165) is 65.0 Å². The van der Waals surface area contributed by atoms with Crippen LogP contribution in [0.2, 0.25) is 0 Å². The Morgan fingerprint density at radius 1 is 1.03 bits per heavy atom. The van der Waals surface area contributed by atoms with Gasteiger partial charge in [0.2, 0.25) is 0 Å². The Balaban J connectivity index is 1.58. The summed E-state index contributed by atoms with van der Waals surface area (Å²) in [5.41, 5.74) is 3.04. The number of benzene rings is 3. The molecule has 3 aromatic carbocycles. The molecular weight excluding hydrogens is 452 g/mol. The number of nitrogens with zero attached hydrogens (tertiary/aromatic N) is 2. The summed E-state index contributed by atoms with van der Waals surface area (Å²) in [6.07, 6.45) is 8.58. The van der Waals surface area contributed by atoms with Crippen LogP contribution in [0.25, 0.3) is 16.8 Å². The number of carbonyl (C=O) groups is 1. The van der Waals surface area contributed by atoms with Crippen LogP contribution < -0.4 is 4.74 Å². The number of rotatable bonds is 6. The maximum absolute atomic E-state index is 13.8. The number of ether oxygens (including phenoxy) is 1. The van der Waals surface area contributed by atoms with Gasteiger partial charge in [0.25, 0.3) is 5.91 Å². The number of amidine groups is 1. The van der Waals surface area contributed by atoms with Gasteiger partial charge in [0.15, 0.2) is 5.17 Å². The van der Waals surface area contributed by atoms with E-state index in [1.165, 1.54) is 23.7 Å². The summed E-state index contributed by atoms with van der Waals surface area (Å²) in [4.78, 5) is 21.5. The fraction of sp³-hybridized carbons (Fsp3) is 0.333. The molecule has 1 amide bonds. The summed E-state index contributed by atoms with van der Waals surface area (Å²) in [5, 5.41) is 3.01. The number of hydrogen-bond donors (Lipinski definition) is 0. The molecule has 1 saturated carbocycles. The first-order valence-corrected chi connectivity index (χ1v) is 13.5. The van der Waals surface area contributed by atoms with E-state index in [4.69, 9.17) is 9.73 Å². The highest BCUT2D eigenvalue weighted by Gasteiger charge is 2.39. The zero-order chi connectivity index (χ0) is 24.2. The summed E-state index contributed by atoms with van der Waals surface area (Å²) in [6, 6.07) is 20.8. The standard InChI is InChI=1S/C30H32N2O2S/c1-3-19-34-27-18-15-22-9-7-8-12-25(22)26(27)20-28-29(33)32(24-10-5-4-6-11-24)30(35-28)31-23-16-13-21(2)14-17-23/h7-9,12-18,20,24H,3-6,10-11,19H2,1-2H3/b28-20+,31-30?. The molecule has 0 N–H and O–H groups in total. The summed E-state index contributed by atoms with van der Waals surface area (Å²) >= 11 is 1.49. The molecule has 0 spiro atoms. The molecule has 0 unspecified atom stereocenters. The monoisotopic (exact) mass is 484 g/mol. The summed E-state index contributed by atoms with van der Waals surface area (Å²) < 4.78 is 6.11. The van der Waals surface area contributed by atoms with E-state index in [1.54, 1.807) is 0 Å². The van der Waals surface area contributed by atoms with Crippen molar-refractivity contribution in [1.29, 1.82) is 0 Å². The number of carbonyl (C=O) groups excluding carboxylic acids is 1. The Morgan fingerprint density at radius 2 is 1.80 bits per heavy atom. The fourth-order valence-electron chi connectivity index (χ4n) is 4.85. The lowest BCUT2D eigenvalue weighted by atomic mass is 9.94. The molecule has 1 aliphatic carbocycles. The number of aryl methyl sites for hydroxylation is 1. The molecule has 1 heterocycles. The second kappa shape index (κ2) is 10.7. The summed E-state index contributed by atoms with van der Waals surface area (Å²) in [7, 11) is 0. The van der Waals surface area contributed by atoms with E-state index in [0.29, 0.717) is 11.5 Å². The van der Waals surface area contributed by atoms with Gasteiger partial charge in [-0.3, -0.25) is 9.69 Å². The van der Waals surface area contributed by atoms with Crippen LogP contribution in [0.1, 0.15) is 56.6 Å². The minimum atomic E-state index is 0.0575. The smallest absolute Gasteiger partial charge is 0.267 e. The van der Waals surface area contributed by atoms with E-state index in [2.05, 4.69) is 44.2 Å². The quantitative estimate of drug-likeness (QED) is 0.334. The van der Waals surface area contributed by atoms with Crippen molar-refractivity contribution in [2.75, 3.05) is 6.61 Å². The van der Waals surface area contributed by atoms with Crippen molar-refractivity contribution >= 4 is 45.4 Å². The number of amides is 1. The lowest BCUT2D eigenvalue weighted by Gasteiger charge is -2.30. The largest absolute Gasteiger partial charge is 0.493 e. The van der Waals surface area contributed by atoms with Crippen molar-refractivity contribution < 1.29 is 9.53 Å². The second-order valence-corrected chi connectivity index (χ2v) is 10.4. The predicted octanol–water partition coefficient (Wildman–Crippen LogP) is 7.87. The van der Waals surface area contributed by atoms with Crippen LogP contribution in [-0.2, 0) is 4.79 Å². The third-order valence-electron chi connectivity index (χ3n) is 6.70. The Hall–Kier alpha value is -3.05. The number of aliphatic imine (C=N–C) groups is 1. The Labute approximate surface area is 212 Å². The summed E-state index contributed by atoms with van der Waals surface area (Å²) in [6.45, 7) is 4.82. The first-order valence-electron chi connectivity index (χ1n) is 12.7. The van der Waals surface area contributed by atoms with E-state index >= 15 is 0 Å². The normalized spacial score (nSPS) is 19.3. The molecule has 180 valence electrons. The molecule has 4 nitrogen and oxygen atoms in total. The van der Waals surface area contributed by atoms with E-state index in [1.807, 2.05) is 41.3 Å². The van der Waals surface area contributed by atoms with Crippen LogP contribution in [-0.4, -0.2) is 28.6 Å². The molecule has 2 fully saturated rings. The topological polar surface area (TPSA) is 41.9 Å². The molecule has 5 heteroatoms. The number of fused-ring (bicyclic) bond motifs is 1. The summed E-state index contributed by atoms with van der Waals surface area (Å²) in [5.74, 6) is 0.877. The molecule has 5 rings (SSSR count). The molecule has 0 atom stereocenters. The maximum atomic E-state index is 13.8. The van der Waals surface area contributed by atoms with Crippen LogP contribution in [0.5, 0.6) is 5.75 Å². The molecule has 0 aromatic heterocycles. The highest BCUT2D eigenvalue weighted by atomic mass is 32.2. The van der Waals surface area contributed by atoms with Crippen LogP contribution in [0, 0.1) is 6.92 Å². The van der Waals surface area contributed by atoms with E-state index < -0.39 is 0 Å². The van der Waals surface area contributed by atoms with Gasteiger partial charge in [-0.15, -0.1) is 0 Å². The molecule has 0 radical (unpaired) electrons. The van der Waals surface area contributed by atoms with E-state index in [-0.39, 0.29) is 11.9 Å². The zero-order valence-corrected chi connectivity index (χ0v) is 21.3. The van der Waals surface area contributed by atoms with Crippen molar-refractivity contribution in [3.63, 3.8) is 0 Å². The van der Waals surface area contributed by atoms with Gasteiger partial charge in [-0.05, 0) is 73.0 Å². The minimum absolute atomic E-state index is 0.0575. The van der Waals surface area contributed by atoms with Crippen LogP contribution in [0.15, 0.2) is 70.6 Å². The van der Waals surface area contributed by atoms with Gasteiger partial charge in [-0.25, -0.2) is 4.99 Å². The van der Waals surface area contributed by atoms with Crippen molar-refractivity contribution in [3.8, 4) is 5.75 Å². The SMILES string of the molecule is CCCOc1ccc2ccccc2c1/C=C1/SC(=Nc2ccc(C)cc2)N(C2CCCCC2)C1=O. The third-order valence-corrected chi connectivity index (χ3v) is 7.69. The zero-order valence-electron chi connectivity index (χ0n) is 20.5. The van der Waals surface area contributed by atoms with Gasteiger partial charge in [-0.2, -0.15) is 0 Å². The van der Waals surface area contributed by atoms with Crippen molar-refractivity contribution in [1.82, 2.24) is 4.90 Å². The van der Waals surface area contributed by atoms with Gasteiger partial charge in [0.05, 0.1) is 17.2 Å². The highest BCUT2D eigenvalue weighted by molar-refractivity contribution is 8.18. The Bertz CT molecular complexity index is 1270. The number of hydrogen-bond acceptors (Lipinski definition) is 4. The number of thioether (sulfide) groups is 1. The van der Waals surface area contributed by atoms with Gasteiger partial charge in [0.1, 0.15) is 5.75 Å². The lowest BCUT2D eigenvalue weighted by molar-refractivity contribution is -0.124. The average molecular weight is 485 g/mol. The van der Waals surface area contributed by atoms with E-state index in [9.17, 15) is 4.79 Å².